The Morgan fingerprint density at radius 3 is 2.36 bits per heavy atom. The number of hydrogen-bond acceptors (Lipinski definition) is 13. The van der Waals surface area contributed by atoms with Crippen molar-refractivity contribution in [2.24, 2.45) is 16.6 Å². The van der Waals surface area contributed by atoms with Gasteiger partial charge in [0.25, 0.3) is 0 Å². The van der Waals surface area contributed by atoms with Crippen molar-refractivity contribution in [3.63, 3.8) is 0 Å². The van der Waals surface area contributed by atoms with E-state index < -0.39 is 30.1 Å². The van der Waals surface area contributed by atoms with Crippen molar-refractivity contribution in [2.75, 3.05) is 69.7 Å². The number of amides is 4. The van der Waals surface area contributed by atoms with Gasteiger partial charge in [0.1, 0.15) is 24.2 Å². The van der Waals surface area contributed by atoms with E-state index in [9.17, 15) is 29.4 Å². The fraction of sp³-hybridized carbons (Fsp3) is 0.491. The van der Waals surface area contributed by atoms with Gasteiger partial charge in [-0.25, -0.2) is 19.6 Å². The van der Waals surface area contributed by atoms with E-state index in [0.717, 1.165) is 85.2 Å². The van der Waals surface area contributed by atoms with Crippen LogP contribution in [0.3, 0.4) is 0 Å². The molecule has 10 N–H and O–H groups in total. The number of aliphatic hydroxyl groups excluding tert-OH is 1. The fourth-order valence-corrected chi connectivity index (χ4v) is 11.3. The number of carbonyl (C=O) groups excluding carboxylic acids is 3. The topological polar surface area (TPSA) is 269 Å². The number of likely N-dealkylation sites (tertiary alicyclic amines) is 3. The van der Waals surface area contributed by atoms with Gasteiger partial charge in [0, 0.05) is 110 Å². The van der Waals surface area contributed by atoms with Crippen molar-refractivity contribution in [1.82, 2.24) is 40.3 Å². The van der Waals surface area contributed by atoms with Crippen LogP contribution >= 0.6 is 0 Å². The number of carboxylic acids is 1. The number of aromatic hydroxyl groups is 1. The number of aliphatic hydroxyl groups is 1. The molecule has 1 spiro atoms. The van der Waals surface area contributed by atoms with Crippen LogP contribution in [0.15, 0.2) is 60.9 Å². The number of anilines is 2. The molecule has 3 unspecified atom stereocenters. The van der Waals surface area contributed by atoms with Crippen molar-refractivity contribution >= 4 is 47.9 Å². The second-order valence-electron chi connectivity index (χ2n) is 21.3. The summed E-state index contributed by atoms with van der Waals surface area (Å²) in [7, 11) is 0. The van der Waals surface area contributed by atoms with Gasteiger partial charge in [-0.15, -0.1) is 6.42 Å². The van der Waals surface area contributed by atoms with Crippen LogP contribution in [0.5, 0.6) is 5.75 Å². The van der Waals surface area contributed by atoms with Gasteiger partial charge in [0.2, 0.25) is 18.3 Å². The molecule has 4 fully saturated rings. The summed E-state index contributed by atoms with van der Waals surface area (Å²) in [4.78, 5) is 69.5. The standard InChI is InChI=1S/C45H62N10O7.C10H9NO/c1-27-38-33(18-34(46)32-6-4-5-7-36(32)57)40(47)50-35(38)11-16-55(27)42-48-21-29(22-49-42)28-8-13-52(14-9-28)30-19-45(20-30)25-54(26-45)43(61)51-39(41(60)53-15-10-31(56)23-53)44(2,3)12-17-62-24-37(58)59;1-2-9-3-5-10(6-4-9)7-11-8-12/h4-7,18,21-22,27-28,30-31,39,50,56-57H,8-17,19-20,23-26,46-47H2,1-3H3,(H,51,61)(H,58,59);1,3-6,8H,7H2,(H,11,12)/b34-18-;. The number of aromatic nitrogens is 3. The molecule has 2 aromatic heterocycles. The van der Waals surface area contributed by atoms with E-state index >= 15 is 0 Å². The Bertz CT molecular complexity index is 2700. The number of nitrogen functional groups attached to an aromatic ring is 1. The number of aliphatic carboxylic acids is 1. The zero-order chi connectivity index (χ0) is 52.7. The number of H-pyrrole nitrogens is 1. The van der Waals surface area contributed by atoms with Crippen LogP contribution in [0.25, 0.3) is 11.8 Å². The second-order valence-corrected chi connectivity index (χ2v) is 21.3. The molecule has 5 aliphatic rings. The van der Waals surface area contributed by atoms with Crippen molar-refractivity contribution in [1.29, 1.82) is 0 Å². The minimum Gasteiger partial charge on any atom is -0.507 e. The number of benzene rings is 2. The number of para-hydroxylation sites is 1. The molecule has 4 aliphatic heterocycles. The van der Waals surface area contributed by atoms with Crippen LogP contribution in [-0.4, -0.2) is 147 Å². The number of β-amino-alcohol motifs (C(OH)–C–C–N with tert-alkyl or cyclic N) is 1. The third-order valence-corrected chi connectivity index (χ3v) is 15.7. The Balaban J connectivity index is 0.000000535. The van der Waals surface area contributed by atoms with Gasteiger partial charge in [-0.2, -0.15) is 0 Å². The van der Waals surface area contributed by atoms with Gasteiger partial charge in [-0.05, 0) is 111 Å². The molecular weight excluding hydrogens is 943 g/mol. The number of phenols is 1. The molecule has 2 aromatic carbocycles. The van der Waals surface area contributed by atoms with E-state index in [4.69, 9.17) is 37.7 Å². The van der Waals surface area contributed by atoms with Crippen LogP contribution in [0.4, 0.5) is 16.6 Å². The van der Waals surface area contributed by atoms with Crippen molar-refractivity contribution in [3.05, 3.63) is 100.0 Å². The molecule has 74 heavy (non-hydrogen) atoms. The van der Waals surface area contributed by atoms with Gasteiger partial charge < -0.3 is 66.7 Å². The highest BCUT2D eigenvalue weighted by Crippen LogP contribution is 2.51. The van der Waals surface area contributed by atoms with Crippen molar-refractivity contribution in [3.8, 4) is 18.1 Å². The quantitative estimate of drug-likeness (QED) is 0.0439. The zero-order valence-corrected chi connectivity index (χ0v) is 42.6. The molecule has 19 nitrogen and oxygen atoms in total. The first-order valence-corrected chi connectivity index (χ1v) is 25.6. The maximum Gasteiger partial charge on any atom is 0.329 e. The van der Waals surface area contributed by atoms with Gasteiger partial charge in [-0.3, -0.25) is 9.59 Å². The number of nitrogens with one attached hydrogen (secondary N) is 3. The molecular formula is C55H71N11O8. The number of piperidine rings is 1. The number of ether oxygens (including phenoxy) is 1. The molecule has 394 valence electrons. The van der Waals surface area contributed by atoms with Crippen molar-refractivity contribution < 1.29 is 39.2 Å². The van der Waals surface area contributed by atoms with Crippen LogP contribution in [0.1, 0.15) is 110 Å². The summed E-state index contributed by atoms with van der Waals surface area (Å²) in [6.07, 6.45) is 16.8. The smallest absolute Gasteiger partial charge is 0.329 e. The molecule has 3 atom stereocenters. The van der Waals surface area contributed by atoms with Crippen LogP contribution < -0.4 is 27.0 Å². The molecule has 1 aliphatic carbocycles. The largest absolute Gasteiger partial charge is 0.507 e. The minimum absolute atomic E-state index is 0.0553. The number of aromatic amines is 1. The lowest BCUT2D eigenvalue weighted by Crippen LogP contribution is -2.70. The van der Waals surface area contributed by atoms with Gasteiger partial charge in [-0.1, -0.05) is 44.0 Å². The maximum atomic E-state index is 13.7. The Kier molecular flexibility index (Phi) is 16.5. The molecule has 4 aromatic rings. The Morgan fingerprint density at radius 2 is 1.73 bits per heavy atom. The second kappa shape index (κ2) is 23.0. The number of hydrogen-bond donors (Lipinski definition) is 8. The van der Waals surface area contributed by atoms with Crippen LogP contribution in [0.2, 0.25) is 0 Å². The van der Waals surface area contributed by atoms with E-state index in [-0.39, 0.29) is 42.3 Å². The normalized spacial score (nSPS) is 20.3. The number of fused-ring (bicyclic) bond motifs is 1. The number of carboxylic acid groups (broad SMARTS) is 1. The molecule has 9 rings (SSSR count). The first kappa shape index (κ1) is 53.2. The van der Waals surface area contributed by atoms with E-state index in [0.29, 0.717) is 80.4 Å². The van der Waals surface area contributed by atoms with Crippen LogP contribution in [0, 0.1) is 23.2 Å². The lowest BCUT2D eigenvalue weighted by atomic mass is 9.60. The number of carbonyl (C=O) groups is 4. The average molecular weight is 1010 g/mol. The highest BCUT2D eigenvalue weighted by atomic mass is 16.5. The first-order chi connectivity index (χ1) is 35.5. The summed E-state index contributed by atoms with van der Waals surface area (Å²) >= 11 is 0. The third kappa shape index (κ3) is 12.1. The zero-order valence-electron chi connectivity index (χ0n) is 42.6. The number of terminal acetylenes is 1. The molecule has 4 amide bonds. The summed E-state index contributed by atoms with van der Waals surface area (Å²) in [5.74, 6) is 2.93. The predicted molar refractivity (Wildman–Crippen MR) is 281 cm³/mol. The van der Waals surface area contributed by atoms with Crippen LogP contribution in [-0.2, 0) is 32.1 Å². The maximum absolute atomic E-state index is 13.7. The summed E-state index contributed by atoms with van der Waals surface area (Å²) in [5.41, 5.74) is 19.3. The highest BCUT2D eigenvalue weighted by molar-refractivity contribution is 5.89. The number of nitrogens with two attached hydrogens (primary N) is 2. The number of nitrogens with zero attached hydrogens (tertiary/aromatic N) is 6. The Morgan fingerprint density at radius 1 is 1.03 bits per heavy atom. The lowest BCUT2D eigenvalue weighted by Gasteiger charge is -2.61. The summed E-state index contributed by atoms with van der Waals surface area (Å²) in [5, 5.41) is 35.0. The number of urea groups is 1. The van der Waals surface area contributed by atoms with Gasteiger partial charge >= 0.3 is 12.0 Å². The molecule has 0 bridgehead atoms. The molecule has 19 heteroatoms. The molecule has 1 saturated carbocycles. The predicted octanol–water partition coefficient (Wildman–Crippen LogP) is 4.42. The highest BCUT2D eigenvalue weighted by Gasteiger charge is 2.56. The summed E-state index contributed by atoms with van der Waals surface area (Å²) < 4.78 is 5.28. The van der Waals surface area contributed by atoms with E-state index in [1.165, 1.54) is 0 Å². The van der Waals surface area contributed by atoms with E-state index in [2.05, 4.69) is 38.3 Å². The Hall–Kier alpha value is -7.14. The Labute approximate surface area is 432 Å². The van der Waals surface area contributed by atoms with Gasteiger partial charge in [0.05, 0.1) is 12.1 Å². The minimum atomic E-state index is -1.06. The summed E-state index contributed by atoms with van der Waals surface area (Å²) in [6.45, 7) is 10.8. The summed E-state index contributed by atoms with van der Waals surface area (Å²) in [6, 6.07) is 13.8. The van der Waals surface area contributed by atoms with E-state index in [1.54, 1.807) is 28.0 Å². The first-order valence-electron chi connectivity index (χ1n) is 25.6. The van der Waals surface area contributed by atoms with Gasteiger partial charge in [0.15, 0.2) is 0 Å². The fourth-order valence-electron chi connectivity index (χ4n) is 11.3. The molecule has 0 radical (unpaired) electrons. The SMILES string of the molecule is C#Cc1ccc(CNC=O)cc1.CC1c2c([nH]c(N)c2/C=C(\N)c2ccccc2O)CCN1c1ncc(C2CCN(C3CC4(C3)CN(C(=O)NC(C(=O)N3CCC(O)C3)C(C)(C)CCOCC(=O)O)C4)CC2)cn1. The third-order valence-electron chi connectivity index (χ3n) is 15.7. The molecule has 3 saturated heterocycles. The van der Waals surface area contributed by atoms with Crippen molar-refractivity contribution in [2.45, 2.75) is 102 Å². The molecule has 6 heterocycles. The average Bonchev–Trinajstić information content (AvgIpc) is 3.95. The number of rotatable bonds is 16. The monoisotopic (exact) mass is 1010 g/mol. The number of phenolic OH excluding ortho intramolecular Hbond substituents is 1. The lowest BCUT2D eigenvalue weighted by molar-refractivity contribution is -0.143. The van der Waals surface area contributed by atoms with E-state index in [1.807, 2.05) is 62.6 Å².